The normalized spacial score (nSPS) is 17.3. The molecule has 1 amide bonds. The van der Waals surface area contributed by atoms with Gasteiger partial charge in [0.05, 0.1) is 23.1 Å². The van der Waals surface area contributed by atoms with Gasteiger partial charge in [0.25, 0.3) is 5.91 Å². The zero-order valence-corrected chi connectivity index (χ0v) is 15.7. The number of amides is 1. The molecule has 0 saturated carbocycles. The van der Waals surface area contributed by atoms with Gasteiger partial charge in [0.15, 0.2) is 5.58 Å². The predicted octanol–water partition coefficient (Wildman–Crippen LogP) is 3.00. The monoisotopic (exact) mass is 420 g/mol. The van der Waals surface area contributed by atoms with E-state index in [0.29, 0.717) is 18.4 Å². The highest BCUT2D eigenvalue weighted by atomic mass is 19.4. The fraction of sp³-hybridized carbons (Fsp3) is 0.316. The first kappa shape index (κ1) is 20.0. The molecule has 0 unspecified atom stereocenters. The molecule has 1 aliphatic rings. The van der Waals surface area contributed by atoms with E-state index < -0.39 is 17.6 Å². The van der Waals surface area contributed by atoms with Crippen LogP contribution in [0.3, 0.4) is 0 Å². The number of fused-ring (bicyclic) bond motifs is 1. The number of rotatable bonds is 3. The van der Waals surface area contributed by atoms with Crippen LogP contribution in [-0.4, -0.2) is 35.0 Å². The van der Waals surface area contributed by atoms with Gasteiger partial charge in [0.2, 0.25) is 5.88 Å². The zero-order chi connectivity index (χ0) is 21.5. The van der Waals surface area contributed by atoms with Gasteiger partial charge in [-0.1, -0.05) is 0 Å². The summed E-state index contributed by atoms with van der Waals surface area (Å²) in [6.45, 7) is 1.41. The molecule has 3 aromatic rings. The lowest BCUT2D eigenvalue weighted by atomic mass is 10.1. The maximum Gasteiger partial charge on any atom is 0.418 e. The molecule has 1 aliphatic heterocycles. The van der Waals surface area contributed by atoms with E-state index in [9.17, 15) is 18.0 Å². The van der Waals surface area contributed by atoms with Crippen molar-refractivity contribution < 1.29 is 22.4 Å². The van der Waals surface area contributed by atoms with Crippen LogP contribution in [-0.2, 0) is 6.18 Å². The number of pyridine rings is 2. The Hall–Kier alpha value is -3.34. The zero-order valence-electron chi connectivity index (χ0n) is 15.7. The minimum absolute atomic E-state index is 0.0240. The molecule has 4 rings (SSSR count). The molecule has 0 spiro atoms. The van der Waals surface area contributed by atoms with Gasteiger partial charge in [-0.2, -0.15) is 13.2 Å². The molecule has 5 N–H and O–H groups in total. The van der Waals surface area contributed by atoms with Crippen LogP contribution < -0.4 is 21.7 Å². The van der Waals surface area contributed by atoms with Crippen LogP contribution in [0.25, 0.3) is 11.1 Å². The Balaban J connectivity index is 1.65. The molecule has 1 saturated heterocycles. The van der Waals surface area contributed by atoms with E-state index in [1.54, 1.807) is 12.3 Å². The van der Waals surface area contributed by atoms with Crippen LogP contribution >= 0.6 is 0 Å². The second-order valence-electron chi connectivity index (χ2n) is 7.11. The number of carbonyl (C=O) groups excluding carboxylic acids is 1. The van der Waals surface area contributed by atoms with Crippen LogP contribution in [0, 0.1) is 0 Å². The van der Waals surface area contributed by atoms with Crippen molar-refractivity contribution in [1.29, 1.82) is 0 Å². The Labute approximate surface area is 169 Å². The number of nitrogen functional groups attached to an aromatic ring is 1. The number of nitrogens with zero attached hydrogens (tertiary/aromatic N) is 3. The third-order valence-electron chi connectivity index (χ3n) is 4.96. The maximum absolute atomic E-state index is 12.9. The Kier molecular flexibility index (Phi) is 4.98. The van der Waals surface area contributed by atoms with Crippen molar-refractivity contribution in [2.75, 3.05) is 29.0 Å². The summed E-state index contributed by atoms with van der Waals surface area (Å²) in [7, 11) is 0. The number of halogens is 3. The molecule has 0 aliphatic carbocycles. The Morgan fingerprint density at radius 1 is 1.33 bits per heavy atom. The van der Waals surface area contributed by atoms with Crippen molar-refractivity contribution in [1.82, 2.24) is 9.97 Å². The highest BCUT2D eigenvalue weighted by Crippen LogP contribution is 2.34. The summed E-state index contributed by atoms with van der Waals surface area (Å²) in [5.74, 6) is -0.978. The third-order valence-corrected chi connectivity index (χ3v) is 4.96. The molecule has 0 aromatic carbocycles. The number of nitrogens with one attached hydrogen (secondary N) is 1. The first-order valence-electron chi connectivity index (χ1n) is 9.25. The van der Waals surface area contributed by atoms with E-state index >= 15 is 0 Å². The molecule has 0 radical (unpaired) electrons. The average molecular weight is 420 g/mol. The molecule has 4 heterocycles. The fourth-order valence-corrected chi connectivity index (χ4v) is 3.54. The predicted molar refractivity (Wildman–Crippen MR) is 105 cm³/mol. The molecule has 1 fully saturated rings. The molecular formula is C19H19F3N6O2. The highest BCUT2D eigenvalue weighted by Gasteiger charge is 2.33. The lowest BCUT2D eigenvalue weighted by Gasteiger charge is -2.33. The van der Waals surface area contributed by atoms with E-state index in [0.717, 1.165) is 31.1 Å². The quantitative estimate of drug-likeness (QED) is 0.595. The third kappa shape index (κ3) is 3.75. The van der Waals surface area contributed by atoms with Crippen LogP contribution in [0.1, 0.15) is 28.8 Å². The van der Waals surface area contributed by atoms with Gasteiger partial charge in [-0.15, -0.1) is 0 Å². The van der Waals surface area contributed by atoms with E-state index in [1.165, 1.54) is 6.20 Å². The summed E-state index contributed by atoms with van der Waals surface area (Å²) in [5.41, 5.74) is 11.6. The number of furan rings is 1. The van der Waals surface area contributed by atoms with Gasteiger partial charge in [-0.05, 0) is 25.0 Å². The summed E-state index contributed by atoms with van der Waals surface area (Å²) >= 11 is 0. The number of aromatic nitrogens is 2. The number of hydrogen-bond donors (Lipinski definition) is 3. The van der Waals surface area contributed by atoms with Gasteiger partial charge in [-0.25, -0.2) is 0 Å². The van der Waals surface area contributed by atoms with E-state index in [1.807, 2.05) is 0 Å². The van der Waals surface area contributed by atoms with E-state index in [-0.39, 0.29) is 28.6 Å². The van der Waals surface area contributed by atoms with Gasteiger partial charge in [0, 0.05) is 31.5 Å². The maximum atomic E-state index is 12.9. The number of piperidine rings is 1. The van der Waals surface area contributed by atoms with Crippen molar-refractivity contribution in [3.63, 3.8) is 0 Å². The van der Waals surface area contributed by atoms with Crippen LogP contribution in [0.4, 0.5) is 30.4 Å². The molecule has 8 nitrogen and oxygen atoms in total. The molecular weight excluding hydrogens is 401 g/mol. The summed E-state index contributed by atoms with van der Waals surface area (Å²) in [5, 5.41) is 2.72. The summed E-state index contributed by atoms with van der Waals surface area (Å²) in [6.07, 6.45) is 0.978. The first-order valence-corrected chi connectivity index (χ1v) is 9.25. The molecule has 30 heavy (non-hydrogen) atoms. The van der Waals surface area contributed by atoms with Crippen molar-refractivity contribution in [2.24, 2.45) is 5.73 Å². The lowest BCUT2D eigenvalue weighted by Crippen LogP contribution is -2.43. The molecule has 1 atom stereocenters. The summed E-state index contributed by atoms with van der Waals surface area (Å²) < 4.78 is 43.9. The number of hydrogen-bond acceptors (Lipinski definition) is 7. The molecule has 158 valence electrons. The van der Waals surface area contributed by atoms with Crippen LogP contribution in [0.2, 0.25) is 0 Å². The van der Waals surface area contributed by atoms with Gasteiger partial charge < -0.3 is 26.1 Å². The van der Waals surface area contributed by atoms with Crippen LogP contribution in [0.5, 0.6) is 0 Å². The summed E-state index contributed by atoms with van der Waals surface area (Å²) in [6, 6.07) is 2.55. The van der Waals surface area contributed by atoms with Crippen molar-refractivity contribution in [3.8, 4) is 0 Å². The minimum Gasteiger partial charge on any atom is -0.438 e. The Morgan fingerprint density at radius 3 is 2.87 bits per heavy atom. The topological polar surface area (TPSA) is 123 Å². The second kappa shape index (κ2) is 7.48. The Morgan fingerprint density at radius 2 is 2.13 bits per heavy atom. The SMILES string of the molecule is Nc1oc2cc(C(F)(F)F)cnc2c1C(=O)Nc1cnccc1N1CCC[C@@H](N)C1. The van der Waals surface area contributed by atoms with E-state index in [4.69, 9.17) is 15.9 Å². The number of carbonyl (C=O) groups is 1. The van der Waals surface area contributed by atoms with Gasteiger partial charge in [0.1, 0.15) is 11.1 Å². The van der Waals surface area contributed by atoms with Gasteiger partial charge in [-0.3, -0.25) is 14.8 Å². The second-order valence-corrected chi connectivity index (χ2v) is 7.11. The number of nitrogens with two attached hydrogens (primary N) is 2. The fourth-order valence-electron chi connectivity index (χ4n) is 3.54. The molecule has 11 heteroatoms. The molecule has 3 aromatic heterocycles. The standard InChI is InChI=1S/C19H19F3N6O2/c20-19(21,22)10-6-14-16(26-7-10)15(17(24)30-14)18(29)27-12-8-25-4-3-13(12)28-5-1-2-11(23)9-28/h3-4,6-8,11H,1-2,5,9,23-24H2,(H,27,29)/t11-/m1/s1. The van der Waals surface area contributed by atoms with Gasteiger partial charge >= 0.3 is 6.18 Å². The number of alkyl halides is 3. The highest BCUT2D eigenvalue weighted by molar-refractivity contribution is 6.15. The smallest absolute Gasteiger partial charge is 0.418 e. The minimum atomic E-state index is -4.59. The number of anilines is 3. The largest absolute Gasteiger partial charge is 0.438 e. The van der Waals surface area contributed by atoms with Crippen molar-refractivity contribution in [2.45, 2.75) is 25.1 Å². The lowest BCUT2D eigenvalue weighted by molar-refractivity contribution is -0.137. The Bertz CT molecular complexity index is 1100. The molecule has 0 bridgehead atoms. The van der Waals surface area contributed by atoms with Crippen molar-refractivity contribution in [3.05, 3.63) is 41.9 Å². The van der Waals surface area contributed by atoms with E-state index in [2.05, 4.69) is 20.2 Å². The van der Waals surface area contributed by atoms with Crippen LogP contribution in [0.15, 0.2) is 35.1 Å². The first-order chi connectivity index (χ1) is 14.2. The van der Waals surface area contributed by atoms with Crippen molar-refractivity contribution >= 4 is 34.3 Å². The average Bonchev–Trinajstić information content (AvgIpc) is 3.02. The summed E-state index contributed by atoms with van der Waals surface area (Å²) in [4.78, 5) is 22.8.